The fourth-order valence-corrected chi connectivity index (χ4v) is 4.21. The van der Waals surface area contributed by atoms with Gasteiger partial charge in [-0.2, -0.15) is 0 Å². The summed E-state index contributed by atoms with van der Waals surface area (Å²) in [5.74, 6) is 0.299. The molecule has 0 saturated carbocycles. The second-order valence-electron chi connectivity index (χ2n) is 6.49. The van der Waals surface area contributed by atoms with Crippen molar-refractivity contribution >= 4 is 58.0 Å². The van der Waals surface area contributed by atoms with Gasteiger partial charge in [-0.3, -0.25) is 9.59 Å². The third-order valence-corrected chi connectivity index (χ3v) is 6.15. The lowest BCUT2D eigenvalue weighted by atomic mass is 9.96. The van der Waals surface area contributed by atoms with E-state index >= 15 is 0 Å². The number of benzene rings is 1. The molecule has 1 aromatic carbocycles. The van der Waals surface area contributed by atoms with E-state index in [0.717, 1.165) is 9.77 Å². The minimum Gasteiger partial charge on any atom is -0.351 e. The third kappa shape index (κ3) is 6.03. The molecule has 1 N–H and O–H groups in total. The molecule has 25 heavy (non-hydrogen) atoms. The molecule has 1 heterocycles. The van der Waals surface area contributed by atoms with Crippen molar-refractivity contribution in [3.05, 3.63) is 50.1 Å². The number of ketones is 1. The average Bonchev–Trinajstić information content (AvgIpc) is 3.01. The lowest BCUT2D eigenvalue weighted by molar-refractivity contribution is -0.128. The zero-order valence-electron chi connectivity index (χ0n) is 14.2. The van der Waals surface area contributed by atoms with Gasteiger partial charge in [0.2, 0.25) is 5.91 Å². The van der Waals surface area contributed by atoms with Crippen LogP contribution in [0.5, 0.6) is 0 Å². The molecule has 3 nitrogen and oxygen atoms in total. The van der Waals surface area contributed by atoms with Crippen LogP contribution >= 0.6 is 46.3 Å². The van der Waals surface area contributed by atoms with E-state index in [2.05, 4.69) is 5.32 Å². The number of halogens is 2. The standard InChI is InChI=1S/C18H19Cl2NO2S2/c1-18(2,3)17(23)21-9-12-5-7-15(25-12)14(22)10-24-16-8-11(19)4-6-13(16)20/h4-8H,9-10H2,1-3H3,(H,21,23). The molecular weight excluding hydrogens is 397 g/mol. The Balaban J connectivity index is 1.92. The molecule has 1 amide bonds. The number of carbonyl (C=O) groups is 2. The SMILES string of the molecule is CC(C)(C)C(=O)NCc1ccc(C(=O)CSc2cc(Cl)ccc2Cl)s1. The van der Waals surface area contributed by atoms with E-state index in [1.807, 2.05) is 26.8 Å². The van der Waals surface area contributed by atoms with Crippen LogP contribution in [-0.4, -0.2) is 17.4 Å². The van der Waals surface area contributed by atoms with Crippen LogP contribution in [0.15, 0.2) is 35.2 Å². The van der Waals surface area contributed by atoms with E-state index in [4.69, 9.17) is 23.2 Å². The van der Waals surface area contributed by atoms with Crippen molar-refractivity contribution in [2.24, 2.45) is 5.41 Å². The highest BCUT2D eigenvalue weighted by Gasteiger charge is 2.21. The molecule has 1 aromatic heterocycles. The lowest BCUT2D eigenvalue weighted by Crippen LogP contribution is -2.34. The highest BCUT2D eigenvalue weighted by Crippen LogP contribution is 2.31. The highest BCUT2D eigenvalue weighted by atomic mass is 35.5. The van der Waals surface area contributed by atoms with Gasteiger partial charge < -0.3 is 5.32 Å². The van der Waals surface area contributed by atoms with Crippen LogP contribution in [-0.2, 0) is 11.3 Å². The highest BCUT2D eigenvalue weighted by molar-refractivity contribution is 8.00. The molecule has 0 unspecified atom stereocenters. The molecule has 0 saturated heterocycles. The average molecular weight is 416 g/mol. The Hall–Kier alpha value is -1.01. The summed E-state index contributed by atoms with van der Waals surface area (Å²) in [6.45, 7) is 6.03. The fourth-order valence-electron chi connectivity index (χ4n) is 1.86. The van der Waals surface area contributed by atoms with Gasteiger partial charge in [0.15, 0.2) is 5.78 Å². The first kappa shape index (κ1) is 20.3. The molecule has 0 aliphatic rings. The van der Waals surface area contributed by atoms with E-state index < -0.39 is 5.41 Å². The Labute approximate surface area is 166 Å². The number of Topliss-reactive ketones (excluding diaryl/α,β-unsaturated/α-hetero) is 1. The summed E-state index contributed by atoms with van der Waals surface area (Å²) >= 11 is 14.8. The second-order valence-corrected chi connectivity index (χ2v) is 9.51. The lowest BCUT2D eigenvalue weighted by Gasteiger charge is -2.17. The van der Waals surface area contributed by atoms with Gasteiger partial charge in [-0.1, -0.05) is 44.0 Å². The van der Waals surface area contributed by atoms with Gasteiger partial charge in [-0.05, 0) is 30.3 Å². The Bertz CT molecular complexity index is 782. The molecule has 2 rings (SSSR count). The van der Waals surface area contributed by atoms with Gasteiger partial charge in [0.25, 0.3) is 0 Å². The molecule has 0 bridgehead atoms. The molecule has 0 atom stereocenters. The van der Waals surface area contributed by atoms with Gasteiger partial charge in [-0.25, -0.2) is 0 Å². The number of thioether (sulfide) groups is 1. The zero-order chi connectivity index (χ0) is 18.6. The van der Waals surface area contributed by atoms with Crippen LogP contribution in [0.1, 0.15) is 35.3 Å². The van der Waals surface area contributed by atoms with Crippen molar-refractivity contribution in [1.29, 1.82) is 0 Å². The van der Waals surface area contributed by atoms with Crippen molar-refractivity contribution < 1.29 is 9.59 Å². The number of nitrogens with one attached hydrogen (secondary N) is 1. The van der Waals surface area contributed by atoms with Gasteiger partial charge >= 0.3 is 0 Å². The van der Waals surface area contributed by atoms with E-state index in [1.54, 1.807) is 24.3 Å². The summed E-state index contributed by atoms with van der Waals surface area (Å²) in [6, 6.07) is 8.86. The number of thiophene rings is 1. The molecule has 0 fully saturated rings. The van der Waals surface area contributed by atoms with E-state index in [-0.39, 0.29) is 17.4 Å². The fraction of sp³-hybridized carbons (Fsp3) is 0.333. The number of hydrogen-bond acceptors (Lipinski definition) is 4. The molecule has 0 aliphatic carbocycles. The van der Waals surface area contributed by atoms with E-state index in [9.17, 15) is 9.59 Å². The Morgan fingerprint density at radius 3 is 2.56 bits per heavy atom. The number of rotatable bonds is 6. The summed E-state index contributed by atoms with van der Waals surface area (Å²) in [5, 5.41) is 4.06. The maximum Gasteiger partial charge on any atom is 0.225 e. The summed E-state index contributed by atoms with van der Waals surface area (Å²) in [4.78, 5) is 26.7. The zero-order valence-corrected chi connectivity index (χ0v) is 17.3. The summed E-state index contributed by atoms with van der Waals surface area (Å²) < 4.78 is 0. The molecule has 2 aromatic rings. The smallest absolute Gasteiger partial charge is 0.225 e. The minimum absolute atomic E-state index is 0.0140. The van der Waals surface area contributed by atoms with Crippen LogP contribution in [0.3, 0.4) is 0 Å². The first-order chi connectivity index (χ1) is 11.7. The van der Waals surface area contributed by atoms with Crippen LogP contribution in [0.4, 0.5) is 0 Å². The quantitative estimate of drug-likeness (QED) is 0.486. The monoisotopic (exact) mass is 415 g/mol. The second kappa shape index (κ2) is 8.58. The first-order valence-electron chi connectivity index (χ1n) is 7.65. The topological polar surface area (TPSA) is 46.2 Å². The Morgan fingerprint density at radius 1 is 1.16 bits per heavy atom. The largest absolute Gasteiger partial charge is 0.351 e. The van der Waals surface area contributed by atoms with Crippen LogP contribution < -0.4 is 5.32 Å². The number of amides is 1. The summed E-state index contributed by atoms with van der Waals surface area (Å²) in [5.41, 5.74) is -0.428. The molecule has 0 spiro atoms. The Kier molecular flexibility index (Phi) is 6.97. The molecule has 7 heteroatoms. The van der Waals surface area contributed by atoms with Crippen molar-refractivity contribution in [3.8, 4) is 0 Å². The van der Waals surface area contributed by atoms with Gasteiger partial charge in [0, 0.05) is 20.2 Å². The van der Waals surface area contributed by atoms with Gasteiger partial charge in [0.1, 0.15) is 0 Å². The van der Waals surface area contributed by atoms with E-state index in [1.165, 1.54) is 23.1 Å². The third-order valence-electron chi connectivity index (χ3n) is 3.29. The van der Waals surface area contributed by atoms with Crippen LogP contribution in [0, 0.1) is 5.41 Å². The summed E-state index contributed by atoms with van der Waals surface area (Å²) in [7, 11) is 0. The normalized spacial score (nSPS) is 11.4. The van der Waals surface area contributed by atoms with E-state index in [0.29, 0.717) is 21.5 Å². The number of hydrogen-bond donors (Lipinski definition) is 1. The molecular formula is C18H19Cl2NO2S2. The first-order valence-corrected chi connectivity index (χ1v) is 10.2. The summed E-state index contributed by atoms with van der Waals surface area (Å²) in [6.07, 6.45) is 0. The Morgan fingerprint density at radius 2 is 1.88 bits per heavy atom. The number of carbonyl (C=O) groups excluding carboxylic acids is 2. The maximum absolute atomic E-state index is 12.4. The maximum atomic E-state index is 12.4. The predicted octanol–water partition coefficient (Wildman–Crippen LogP) is 5.69. The van der Waals surface area contributed by atoms with Crippen molar-refractivity contribution in [1.82, 2.24) is 5.32 Å². The molecule has 0 aliphatic heterocycles. The van der Waals surface area contributed by atoms with Crippen molar-refractivity contribution in [2.45, 2.75) is 32.2 Å². The van der Waals surface area contributed by atoms with Gasteiger partial charge in [-0.15, -0.1) is 23.1 Å². The molecule has 134 valence electrons. The minimum atomic E-state index is -0.428. The molecule has 0 radical (unpaired) electrons. The van der Waals surface area contributed by atoms with Crippen LogP contribution in [0.2, 0.25) is 10.0 Å². The van der Waals surface area contributed by atoms with Crippen LogP contribution in [0.25, 0.3) is 0 Å². The van der Waals surface area contributed by atoms with Crippen molar-refractivity contribution in [3.63, 3.8) is 0 Å². The predicted molar refractivity (Wildman–Crippen MR) is 107 cm³/mol. The van der Waals surface area contributed by atoms with Gasteiger partial charge in [0.05, 0.1) is 22.2 Å². The van der Waals surface area contributed by atoms with Crippen molar-refractivity contribution in [2.75, 3.05) is 5.75 Å².